The van der Waals surface area contributed by atoms with Crippen molar-refractivity contribution in [2.24, 2.45) is 0 Å². The van der Waals surface area contributed by atoms with E-state index < -0.39 is 12.2 Å². The summed E-state index contributed by atoms with van der Waals surface area (Å²) in [6.07, 6.45) is 1.35. The minimum absolute atomic E-state index is 0.284. The molecule has 3 N–H and O–H groups in total. The lowest BCUT2D eigenvalue weighted by Crippen LogP contribution is -2.18. The Bertz CT molecular complexity index is 565. The van der Waals surface area contributed by atoms with Gasteiger partial charge in [-0.2, -0.15) is 5.10 Å². The highest BCUT2D eigenvalue weighted by Gasteiger charge is 2.19. The number of nitrogens with zero attached hydrogens (tertiary/aromatic N) is 2. The fraction of sp³-hybridized carbons (Fsp3) is 0.400. The molecule has 2 unspecified atom stereocenters. The van der Waals surface area contributed by atoms with E-state index in [4.69, 9.17) is 0 Å². The normalized spacial score (nSPS) is 15.0. The maximum Gasteiger partial charge on any atom is 0.275 e. The molecule has 0 saturated carbocycles. The molecule has 0 aromatic carbocycles. The van der Waals surface area contributed by atoms with Crippen molar-refractivity contribution in [3.8, 4) is 0 Å². The zero-order valence-electron chi connectivity index (χ0n) is 8.88. The molecule has 0 amide bonds. The van der Waals surface area contributed by atoms with Crippen molar-refractivity contribution in [1.29, 1.82) is 0 Å². The second-order valence-electron chi connectivity index (χ2n) is 3.71. The van der Waals surface area contributed by atoms with Gasteiger partial charge in [-0.1, -0.05) is 15.9 Å². The van der Waals surface area contributed by atoms with Crippen LogP contribution in [0.4, 0.5) is 0 Å². The highest BCUT2D eigenvalue weighted by Crippen LogP contribution is 2.20. The summed E-state index contributed by atoms with van der Waals surface area (Å²) < 4.78 is 1.37. The fourth-order valence-corrected chi connectivity index (χ4v) is 2.08. The van der Waals surface area contributed by atoms with Crippen LogP contribution in [0.2, 0.25) is 0 Å². The van der Waals surface area contributed by atoms with Crippen LogP contribution >= 0.6 is 15.9 Å². The van der Waals surface area contributed by atoms with Crippen molar-refractivity contribution in [3.63, 3.8) is 0 Å². The number of aromatic nitrogens is 3. The Kier molecular flexibility index (Phi) is 3.60. The smallest absolute Gasteiger partial charge is 0.275 e. The fourth-order valence-electron chi connectivity index (χ4n) is 1.61. The summed E-state index contributed by atoms with van der Waals surface area (Å²) in [6.45, 7) is 0. The zero-order valence-corrected chi connectivity index (χ0v) is 10.5. The molecule has 2 aromatic rings. The van der Waals surface area contributed by atoms with Crippen LogP contribution < -0.4 is 5.56 Å². The number of H-pyrrole nitrogens is 1. The number of aliphatic hydroxyl groups is 2. The largest absolute Gasteiger partial charge is 0.390 e. The third kappa shape index (κ3) is 2.41. The quantitative estimate of drug-likeness (QED) is 0.704. The van der Waals surface area contributed by atoms with Crippen LogP contribution in [-0.4, -0.2) is 36.2 Å². The van der Waals surface area contributed by atoms with Gasteiger partial charge < -0.3 is 15.2 Å². The van der Waals surface area contributed by atoms with Crippen molar-refractivity contribution in [2.75, 3.05) is 5.33 Å². The second-order valence-corrected chi connectivity index (χ2v) is 4.50. The van der Waals surface area contributed by atoms with Gasteiger partial charge in [0.1, 0.15) is 17.9 Å². The monoisotopic (exact) mass is 301 g/mol. The van der Waals surface area contributed by atoms with E-state index in [0.717, 1.165) is 0 Å². The molecule has 2 heterocycles. The first-order valence-corrected chi connectivity index (χ1v) is 6.23. The molecule has 0 saturated heterocycles. The summed E-state index contributed by atoms with van der Waals surface area (Å²) in [7, 11) is 0. The minimum atomic E-state index is -1.02. The number of aliphatic hydroxyl groups excluding tert-OH is 2. The van der Waals surface area contributed by atoms with Gasteiger partial charge in [0.25, 0.3) is 5.56 Å². The molecular formula is C10H12BrN3O3. The number of halogens is 1. The molecule has 0 aliphatic carbocycles. The topological polar surface area (TPSA) is 90.6 Å². The van der Waals surface area contributed by atoms with Gasteiger partial charge in [0.05, 0.1) is 6.10 Å². The summed E-state index contributed by atoms with van der Waals surface area (Å²) in [6, 6.07) is 1.52. The minimum Gasteiger partial charge on any atom is -0.390 e. The zero-order chi connectivity index (χ0) is 12.4. The Morgan fingerprint density at radius 2 is 2.29 bits per heavy atom. The lowest BCUT2D eigenvalue weighted by molar-refractivity contribution is 0.0174. The van der Waals surface area contributed by atoms with Gasteiger partial charge in [0.15, 0.2) is 0 Å². The van der Waals surface area contributed by atoms with Gasteiger partial charge in [-0.15, -0.1) is 0 Å². The highest BCUT2D eigenvalue weighted by molar-refractivity contribution is 9.09. The van der Waals surface area contributed by atoms with Gasteiger partial charge >= 0.3 is 0 Å². The summed E-state index contributed by atoms with van der Waals surface area (Å²) in [5, 5.41) is 24.1. The van der Waals surface area contributed by atoms with E-state index in [1.165, 1.54) is 23.1 Å². The number of hydrogen-bond donors (Lipinski definition) is 3. The molecule has 17 heavy (non-hydrogen) atoms. The van der Waals surface area contributed by atoms with Crippen molar-refractivity contribution in [1.82, 2.24) is 14.6 Å². The standard InChI is InChI=1S/C10H12BrN3O3/c11-2-1-8(15)9(16)6-3-7-10(17)12-5-13-14(7)4-6/h3-5,8-9,15-16H,1-2H2,(H,12,13,17). The lowest BCUT2D eigenvalue weighted by atomic mass is 10.1. The summed E-state index contributed by atoms with van der Waals surface area (Å²) in [5.41, 5.74) is 0.531. The van der Waals surface area contributed by atoms with Gasteiger partial charge in [-0.05, 0) is 12.5 Å². The van der Waals surface area contributed by atoms with E-state index in [2.05, 4.69) is 26.0 Å². The van der Waals surface area contributed by atoms with Crippen LogP contribution in [0.15, 0.2) is 23.4 Å². The van der Waals surface area contributed by atoms with Gasteiger partial charge in [-0.3, -0.25) is 4.79 Å². The summed E-state index contributed by atoms with van der Waals surface area (Å²) in [5.74, 6) is 0. The van der Waals surface area contributed by atoms with Crippen molar-refractivity contribution >= 4 is 21.4 Å². The van der Waals surface area contributed by atoms with E-state index in [-0.39, 0.29) is 5.56 Å². The first-order valence-electron chi connectivity index (χ1n) is 5.11. The Morgan fingerprint density at radius 3 is 2.94 bits per heavy atom. The first kappa shape index (κ1) is 12.3. The predicted octanol–water partition coefficient (Wildman–Crippen LogP) is 0.202. The third-order valence-corrected chi connectivity index (χ3v) is 3.00. The van der Waals surface area contributed by atoms with Crippen LogP contribution in [-0.2, 0) is 0 Å². The molecule has 0 radical (unpaired) electrons. The number of rotatable bonds is 4. The molecule has 0 bridgehead atoms. The van der Waals surface area contributed by atoms with Gasteiger partial charge in [0.2, 0.25) is 0 Å². The maximum absolute atomic E-state index is 11.4. The lowest BCUT2D eigenvalue weighted by Gasteiger charge is -2.15. The molecule has 0 aliphatic heterocycles. The second kappa shape index (κ2) is 4.99. The van der Waals surface area contributed by atoms with E-state index >= 15 is 0 Å². The Morgan fingerprint density at radius 1 is 1.53 bits per heavy atom. The molecule has 0 aliphatic rings. The van der Waals surface area contributed by atoms with Crippen LogP contribution in [0.25, 0.3) is 5.52 Å². The number of hydrogen-bond acceptors (Lipinski definition) is 4. The molecule has 92 valence electrons. The molecule has 0 spiro atoms. The Balaban J connectivity index is 2.36. The molecule has 0 fully saturated rings. The maximum atomic E-state index is 11.4. The molecule has 7 heteroatoms. The van der Waals surface area contributed by atoms with Gasteiger partial charge in [-0.25, -0.2) is 4.52 Å². The number of nitrogens with one attached hydrogen (secondary N) is 1. The number of fused-ring (bicyclic) bond motifs is 1. The first-order chi connectivity index (χ1) is 8.13. The van der Waals surface area contributed by atoms with Crippen molar-refractivity contribution < 1.29 is 10.2 Å². The average Bonchev–Trinajstić information content (AvgIpc) is 2.73. The Hall–Kier alpha value is -1.18. The van der Waals surface area contributed by atoms with Crippen molar-refractivity contribution in [2.45, 2.75) is 18.6 Å². The number of aromatic amines is 1. The van der Waals surface area contributed by atoms with E-state index in [9.17, 15) is 15.0 Å². The van der Waals surface area contributed by atoms with Crippen LogP contribution in [0.5, 0.6) is 0 Å². The highest BCUT2D eigenvalue weighted by atomic mass is 79.9. The Labute approximate surface area is 105 Å². The molecule has 2 aromatic heterocycles. The van der Waals surface area contributed by atoms with Crippen molar-refractivity contribution in [3.05, 3.63) is 34.5 Å². The average molecular weight is 302 g/mol. The number of alkyl halides is 1. The predicted molar refractivity (Wildman–Crippen MR) is 65.2 cm³/mol. The SMILES string of the molecule is O=c1[nH]cnn2cc(C(O)C(O)CCBr)cc12. The molecule has 6 nitrogen and oxygen atoms in total. The van der Waals surface area contributed by atoms with E-state index in [1.807, 2.05) is 0 Å². The molecular weight excluding hydrogens is 290 g/mol. The van der Waals surface area contributed by atoms with Gasteiger partial charge in [0, 0.05) is 17.1 Å². The summed E-state index contributed by atoms with van der Waals surface area (Å²) in [4.78, 5) is 13.9. The van der Waals surface area contributed by atoms with E-state index in [0.29, 0.717) is 22.8 Å². The van der Waals surface area contributed by atoms with Crippen LogP contribution in [0.3, 0.4) is 0 Å². The molecule has 2 atom stereocenters. The summed E-state index contributed by atoms with van der Waals surface area (Å²) >= 11 is 3.19. The van der Waals surface area contributed by atoms with E-state index in [1.54, 1.807) is 0 Å². The molecule has 2 rings (SSSR count). The van der Waals surface area contributed by atoms with Crippen LogP contribution in [0, 0.1) is 0 Å². The third-order valence-electron chi connectivity index (χ3n) is 2.54. The van der Waals surface area contributed by atoms with Crippen LogP contribution in [0.1, 0.15) is 18.1 Å².